The van der Waals surface area contributed by atoms with E-state index in [-0.39, 0.29) is 0 Å². The van der Waals surface area contributed by atoms with Gasteiger partial charge in [-0.3, -0.25) is 0 Å². The molecule has 4 heterocycles. The van der Waals surface area contributed by atoms with E-state index in [1.54, 1.807) is 0 Å². The number of hydrogen-bond acceptors (Lipinski definition) is 8. The monoisotopic (exact) mass is 378 g/mol. The highest BCUT2D eigenvalue weighted by Crippen LogP contribution is 2.30. The van der Waals surface area contributed by atoms with E-state index in [0.717, 1.165) is 60.1 Å². The number of ether oxygens (including phenoxy) is 2. The van der Waals surface area contributed by atoms with Gasteiger partial charge in [-0.25, -0.2) is 9.97 Å². The minimum atomic E-state index is 0.681. The third-order valence-corrected chi connectivity index (χ3v) is 5.13. The number of hydrogen-bond donors (Lipinski definition) is 0. The zero-order valence-electron chi connectivity index (χ0n) is 15.6. The van der Waals surface area contributed by atoms with Gasteiger partial charge in [-0.05, 0) is 0 Å². The first-order valence-electron chi connectivity index (χ1n) is 9.64. The fourth-order valence-electron chi connectivity index (χ4n) is 3.62. The molecule has 28 heavy (non-hydrogen) atoms. The largest absolute Gasteiger partial charge is 0.378 e. The molecule has 0 N–H and O–H groups in total. The van der Waals surface area contributed by atoms with E-state index in [0.29, 0.717) is 26.4 Å². The maximum Gasteiger partial charge on any atom is 0.179 e. The number of fused-ring (bicyclic) bond motifs is 1. The van der Waals surface area contributed by atoms with Gasteiger partial charge in [0.25, 0.3) is 0 Å². The number of benzene rings is 1. The Morgan fingerprint density at radius 2 is 1.29 bits per heavy atom. The second-order valence-corrected chi connectivity index (χ2v) is 6.86. The van der Waals surface area contributed by atoms with E-state index in [1.165, 1.54) is 0 Å². The summed E-state index contributed by atoms with van der Waals surface area (Å²) in [6, 6.07) is 10.1. The van der Waals surface area contributed by atoms with Crippen LogP contribution in [0.2, 0.25) is 0 Å². The standard InChI is InChI=1S/C20H22N6O2/c1-2-4-15(5-3-1)16-14-21-17-18(22-16)20(26-8-12-28-13-9-26)24-23-19(17)25-6-10-27-11-7-25/h1-5,14H,6-13H2. The highest BCUT2D eigenvalue weighted by molar-refractivity contribution is 5.94. The van der Waals surface area contributed by atoms with Crippen LogP contribution in [0.1, 0.15) is 0 Å². The lowest BCUT2D eigenvalue weighted by Gasteiger charge is -2.30. The van der Waals surface area contributed by atoms with Crippen LogP contribution >= 0.6 is 0 Å². The van der Waals surface area contributed by atoms with Gasteiger partial charge in [-0.15, -0.1) is 10.2 Å². The first kappa shape index (κ1) is 17.3. The van der Waals surface area contributed by atoms with Gasteiger partial charge in [-0.2, -0.15) is 0 Å². The van der Waals surface area contributed by atoms with E-state index >= 15 is 0 Å². The van der Waals surface area contributed by atoms with E-state index in [1.807, 2.05) is 36.5 Å². The molecular formula is C20H22N6O2. The Balaban J connectivity index is 1.65. The van der Waals surface area contributed by atoms with Crippen LogP contribution < -0.4 is 9.80 Å². The molecule has 0 spiro atoms. The van der Waals surface area contributed by atoms with Crippen molar-refractivity contribution < 1.29 is 9.47 Å². The summed E-state index contributed by atoms with van der Waals surface area (Å²) in [4.78, 5) is 14.1. The lowest BCUT2D eigenvalue weighted by atomic mass is 10.1. The molecule has 2 aliphatic heterocycles. The molecule has 144 valence electrons. The van der Waals surface area contributed by atoms with Gasteiger partial charge >= 0.3 is 0 Å². The van der Waals surface area contributed by atoms with Crippen molar-refractivity contribution in [3.8, 4) is 11.3 Å². The summed E-state index contributed by atoms with van der Waals surface area (Å²) in [5.41, 5.74) is 3.45. The summed E-state index contributed by atoms with van der Waals surface area (Å²) >= 11 is 0. The van der Waals surface area contributed by atoms with Gasteiger partial charge in [0.1, 0.15) is 11.0 Å². The molecule has 0 unspecified atom stereocenters. The Kier molecular flexibility index (Phi) is 4.72. The quantitative estimate of drug-likeness (QED) is 0.682. The third kappa shape index (κ3) is 3.25. The van der Waals surface area contributed by atoms with Gasteiger partial charge in [0, 0.05) is 31.7 Å². The van der Waals surface area contributed by atoms with Crippen LogP contribution in [0.25, 0.3) is 22.3 Å². The summed E-state index contributed by atoms with van der Waals surface area (Å²) in [5.74, 6) is 1.56. The molecule has 3 aromatic rings. The predicted octanol–water partition coefficient (Wildman–Crippen LogP) is 1.76. The predicted molar refractivity (Wildman–Crippen MR) is 107 cm³/mol. The van der Waals surface area contributed by atoms with Gasteiger partial charge in [-0.1, -0.05) is 30.3 Å². The Labute approximate surface area is 163 Å². The van der Waals surface area contributed by atoms with Crippen molar-refractivity contribution in [2.45, 2.75) is 0 Å². The molecule has 0 aliphatic carbocycles. The van der Waals surface area contributed by atoms with Crippen molar-refractivity contribution in [3.05, 3.63) is 36.5 Å². The molecule has 2 saturated heterocycles. The zero-order valence-corrected chi connectivity index (χ0v) is 15.6. The average molecular weight is 378 g/mol. The van der Waals surface area contributed by atoms with E-state index in [4.69, 9.17) is 19.4 Å². The normalized spacial score (nSPS) is 17.9. The first-order chi connectivity index (χ1) is 13.9. The van der Waals surface area contributed by atoms with Crippen LogP contribution in [0.3, 0.4) is 0 Å². The molecule has 1 aromatic carbocycles. The van der Waals surface area contributed by atoms with E-state index in [9.17, 15) is 0 Å². The Morgan fingerprint density at radius 3 is 1.89 bits per heavy atom. The number of anilines is 2. The van der Waals surface area contributed by atoms with Gasteiger partial charge in [0.2, 0.25) is 0 Å². The highest BCUT2D eigenvalue weighted by atomic mass is 16.5. The minimum absolute atomic E-state index is 0.681. The lowest BCUT2D eigenvalue weighted by molar-refractivity contribution is 0.122. The number of rotatable bonds is 3. The van der Waals surface area contributed by atoms with E-state index < -0.39 is 0 Å². The summed E-state index contributed by atoms with van der Waals surface area (Å²) in [7, 11) is 0. The molecule has 0 radical (unpaired) electrons. The van der Waals surface area contributed by atoms with Gasteiger partial charge in [0.05, 0.1) is 38.3 Å². The third-order valence-electron chi connectivity index (χ3n) is 5.13. The van der Waals surface area contributed by atoms with Crippen LogP contribution in [-0.4, -0.2) is 72.8 Å². The van der Waals surface area contributed by atoms with Gasteiger partial charge in [0.15, 0.2) is 11.6 Å². The molecule has 0 amide bonds. The number of aromatic nitrogens is 4. The fourth-order valence-corrected chi connectivity index (χ4v) is 3.62. The molecule has 0 saturated carbocycles. The summed E-state index contributed by atoms with van der Waals surface area (Å²) in [6.45, 7) is 5.84. The van der Waals surface area contributed by atoms with Crippen LogP contribution in [0.5, 0.6) is 0 Å². The van der Waals surface area contributed by atoms with Gasteiger partial charge < -0.3 is 19.3 Å². The Bertz CT molecular complexity index is 956. The zero-order chi connectivity index (χ0) is 18.8. The molecule has 5 rings (SSSR count). The Morgan fingerprint density at radius 1 is 0.714 bits per heavy atom. The second-order valence-electron chi connectivity index (χ2n) is 6.86. The lowest BCUT2D eigenvalue weighted by Crippen LogP contribution is -2.39. The summed E-state index contributed by atoms with van der Waals surface area (Å²) in [5, 5.41) is 9.12. The number of nitrogens with zero attached hydrogens (tertiary/aromatic N) is 6. The SMILES string of the molecule is c1ccc(-c2cnc3c(N4CCOCC4)nnc(N4CCOCC4)c3n2)cc1. The molecular weight excluding hydrogens is 356 g/mol. The highest BCUT2D eigenvalue weighted by Gasteiger charge is 2.23. The molecule has 2 fully saturated rings. The van der Waals surface area contributed by atoms with Crippen molar-refractivity contribution in [1.82, 2.24) is 20.2 Å². The molecule has 0 bridgehead atoms. The summed E-state index contributed by atoms with van der Waals surface area (Å²) < 4.78 is 11.0. The minimum Gasteiger partial charge on any atom is -0.378 e. The Hall–Kier alpha value is -2.84. The van der Waals surface area contributed by atoms with E-state index in [2.05, 4.69) is 20.0 Å². The average Bonchev–Trinajstić information content (AvgIpc) is 2.80. The van der Waals surface area contributed by atoms with Crippen molar-refractivity contribution in [1.29, 1.82) is 0 Å². The van der Waals surface area contributed by atoms with Crippen LogP contribution in [0.4, 0.5) is 11.6 Å². The second kappa shape index (κ2) is 7.65. The van der Waals surface area contributed by atoms with Crippen LogP contribution in [0.15, 0.2) is 36.5 Å². The van der Waals surface area contributed by atoms with Crippen LogP contribution in [0, 0.1) is 0 Å². The van der Waals surface area contributed by atoms with Crippen molar-refractivity contribution in [2.75, 3.05) is 62.4 Å². The van der Waals surface area contributed by atoms with Crippen molar-refractivity contribution in [3.63, 3.8) is 0 Å². The topological polar surface area (TPSA) is 76.5 Å². The number of morpholine rings is 2. The summed E-state index contributed by atoms with van der Waals surface area (Å²) in [6.07, 6.45) is 1.83. The molecule has 8 heteroatoms. The molecule has 2 aromatic heterocycles. The van der Waals surface area contributed by atoms with Crippen molar-refractivity contribution >= 4 is 22.7 Å². The molecule has 0 atom stereocenters. The first-order valence-corrected chi connectivity index (χ1v) is 9.64. The van der Waals surface area contributed by atoms with Crippen LogP contribution in [-0.2, 0) is 9.47 Å². The fraction of sp³-hybridized carbons (Fsp3) is 0.400. The maximum atomic E-state index is 5.50. The molecule has 8 nitrogen and oxygen atoms in total. The van der Waals surface area contributed by atoms with Crippen molar-refractivity contribution in [2.24, 2.45) is 0 Å². The smallest absolute Gasteiger partial charge is 0.179 e. The maximum absolute atomic E-state index is 5.50. The molecule has 2 aliphatic rings.